The summed E-state index contributed by atoms with van der Waals surface area (Å²) in [6.07, 6.45) is 6.39. The van der Waals surface area contributed by atoms with Crippen LogP contribution in [0.25, 0.3) is 0 Å². The van der Waals surface area contributed by atoms with E-state index in [1.807, 2.05) is 18.2 Å². The number of nitriles is 1. The lowest BCUT2D eigenvalue weighted by Crippen LogP contribution is -2.32. The van der Waals surface area contributed by atoms with Crippen LogP contribution in [0.15, 0.2) is 22.7 Å². The summed E-state index contributed by atoms with van der Waals surface area (Å²) in [6, 6.07) is 8.70. The number of nitrogens with one attached hydrogen (secondary N) is 1. The fourth-order valence-electron chi connectivity index (χ4n) is 2.84. The molecule has 1 aliphatic rings. The molecule has 1 aromatic rings. The van der Waals surface area contributed by atoms with E-state index < -0.39 is 0 Å². The van der Waals surface area contributed by atoms with Crippen molar-refractivity contribution in [2.45, 2.75) is 45.1 Å². The summed E-state index contributed by atoms with van der Waals surface area (Å²) in [7, 11) is 0. The van der Waals surface area contributed by atoms with Gasteiger partial charge in [0.2, 0.25) is 0 Å². The molecule has 0 heterocycles. The van der Waals surface area contributed by atoms with E-state index in [4.69, 9.17) is 0 Å². The summed E-state index contributed by atoms with van der Waals surface area (Å²) in [5.41, 5.74) is 1.69. The highest BCUT2D eigenvalue weighted by molar-refractivity contribution is 9.10. The predicted octanol–water partition coefficient (Wildman–Crippen LogP) is 4.70. The molecule has 18 heavy (non-hydrogen) atoms. The van der Waals surface area contributed by atoms with Gasteiger partial charge in [0.15, 0.2) is 0 Å². The first-order valence-electron chi connectivity index (χ1n) is 6.71. The minimum Gasteiger partial charge on any atom is -0.381 e. The fraction of sp³-hybridized carbons (Fsp3) is 0.533. The van der Waals surface area contributed by atoms with E-state index in [0.29, 0.717) is 6.04 Å². The van der Waals surface area contributed by atoms with Gasteiger partial charge in [-0.2, -0.15) is 5.26 Å². The van der Waals surface area contributed by atoms with Crippen molar-refractivity contribution in [2.75, 3.05) is 5.32 Å². The molecular weight excluding hydrogens is 288 g/mol. The van der Waals surface area contributed by atoms with Gasteiger partial charge in [-0.3, -0.25) is 0 Å². The van der Waals surface area contributed by atoms with E-state index in [1.54, 1.807) is 0 Å². The van der Waals surface area contributed by atoms with E-state index in [-0.39, 0.29) is 0 Å². The molecule has 0 amide bonds. The summed E-state index contributed by atoms with van der Waals surface area (Å²) in [6.45, 7) is 2.26. The van der Waals surface area contributed by atoms with Crippen LogP contribution in [0.1, 0.15) is 44.6 Å². The maximum absolute atomic E-state index is 9.23. The highest BCUT2D eigenvalue weighted by atomic mass is 79.9. The molecule has 1 aliphatic carbocycles. The summed E-state index contributed by atoms with van der Waals surface area (Å²) < 4.78 is 0.874. The third-order valence-electron chi connectivity index (χ3n) is 3.90. The molecule has 2 rings (SSSR count). The van der Waals surface area contributed by atoms with Gasteiger partial charge in [-0.05, 0) is 46.8 Å². The van der Waals surface area contributed by atoms with Crippen molar-refractivity contribution in [1.82, 2.24) is 0 Å². The minimum atomic E-state index is 0.519. The van der Waals surface area contributed by atoms with Crippen LogP contribution in [0, 0.1) is 17.2 Å². The van der Waals surface area contributed by atoms with Gasteiger partial charge >= 0.3 is 0 Å². The first-order chi connectivity index (χ1) is 8.76. The number of halogens is 1. The highest BCUT2D eigenvalue weighted by Gasteiger charge is 2.24. The molecule has 0 aromatic heterocycles. The molecule has 0 aliphatic heterocycles. The standard InChI is InChI=1S/C15H19BrN2/c1-2-11-6-3-4-8-14(11)18-15-9-5-7-13(16)12(15)10-17/h5,7,9,11,14,18H,2-4,6,8H2,1H3. The number of rotatable bonds is 3. The third kappa shape index (κ3) is 2.87. The maximum atomic E-state index is 9.23. The Kier molecular flexibility index (Phi) is 4.66. The normalized spacial score (nSPS) is 23.4. The maximum Gasteiger partial charge on any atom is 0.103 e. The minimum absolute atomic E-state index is 0.519. The second kappa shape index (κ2) is 6.24. The van der Waals surface area contributed by atoms with Crippen molar-refractivity contribution >= 4 is 21.6 Å². The first kappa shape index (κ1) is 13.4. The molecule has 1 saturated carbocycles. The van der Waals surface area contributed by atoms with Crippen molar-refractivity contribution in [3.63, 3.8) is 0 Å². The molecule has 1 aromatic carbocycles. The van der Waals surface area contributed by atoms with Gasteiger partial charge in [0, 0.05) is 10.5 Å². The van der Waals surface area contributed by atoms with Gasteiger partial charge in [-0.25, -0.2) is 0 Å². The zero-order chi connectivity index (χ0) is 13.0. The Balaban J connectivity index is 2.18. The second-order valence-electron chi connectivity index (χ2n) is 4.98. The zero-order valence-corrected chi connectivity index (χ0v) is 12.3. The summed E-state index contributed by atoms with van der Waals surface area (Å²) >= 11 is 3.44. The van der Waals surface area contributed by atoms with Crippen molar-refractivity contribution < 1.29 is 0 Å². The van der Waals surface area contributed by atoms with Gasteiger partial charge in [-0.15, -0.1) is 0 Å². The number of hydrogen-bond acceptors (Lipinski definition) is 2. The molecule has 3 heteroatoms. The van der Waals surface area contributed by atoms with Crippen LogP contribution in [0.3, 0.4) is 0 Å². The molecule has 2 atom stereocenters. The molecule has 2 nitrogen and oxygen atoms in total. The van der Waals surface area contributed by atoms with Crippen LogP contribution >= 0.6 is 15.9 Å². The fourth-order valence-corrected chi connectivity index (χ4v) is 3.30. The van der Waals surface area contributed by atoms with E-state index in [0.717, 1.165) is 21.6 Å². The molecule has 0 bridgehead atoms. The van der Waals surface area contributed by atoms with Crippen molar-refractivity contribution in [3.8, 4) is 6.07 Å². The monoisotopic (exact) mass is 306 g/mol. The Hall–Kier alpha value is -1.01. The van der Waals surface area contributed by atoms with Crippen LogP contribution < -0.4 is 5.32 Å². The molecule has 0 saturated heterocycles. The van der Waals surface area contributed by atoms with Gasteiger partial charge in [0.1, 0.15) is 6.07 Å². The van der Waals surface area contributed by atoms with Crippen LogP contribution in [0.4, 0.5) is 5.69 Å². The summed E-state index contributed by atoms with van der Waals surface area (Å²) in [5.74, 6) is 0.740. The first-order valence-corrected chi connectivity index (χ1v) is 7.50. The largest absolute Gasteiger partial charge is 0.381 e. The van der Waals surface area contributed by atoms with E-state index in [1.165, 1.54) is 32.1 Å². The van der Waals surface area contributed by atoms with Gasteiger partial charge in [-0.1, -0.05) is 32.3 Å². The van der Waals surface area contributed by atoms with E-state index in [2.05, 4.69) is 34.2 Å². The Morgan fingerprint density at radius 1 is 1.39 bits per heavy atom. The Labute approximate surface area is 118 Å². The SMILES string of the molecule is CCC1CCCCC1Nc1cccc(Br)c1C#N. The van der Waals surface area contributed by atoms with Crippen LogP contribution in [0.5, 0.6) is 0 Å². The van der Waals surface area contributed by atoms with Gasteiger partial charge in [0.05, 0.1) is 11.3 Å². The second-order valence-corrected chi connectivity index (χ2v) is 5.83. The highest BCUT2D eigenvalue weighted by Crippen LogP contribution is 2.31. The van der Waals surface area contributed by atoms with Crippen molar-refractivity contribution in [1.29, 1.82) is 5.26 Å². The van der Waals surface area contributed by atoms with Crippen molar-refractivity contribution in [2.24, 2.45) is 5.92 Å². The van der Waals surface area contributed by atoms with Gasteiger partial charge < -0.3 is 5.32 Å². The average Bonchev–Trinajstić information content (AvgIpc) is 2.40. The molecule has 96 valence electrons. The average molecular weight is 307 g/mol. The Bertz CT molecular complexity index is 450. The van der Waals surface area contributed by atoms with Crippen LogP contribution in [-0.4, -0.2) is 6.04 Å². The van der Waals surface area contributed by atoms with Gasteiger partial charge in [0.25, 0.3) is 0 Å². The number of anilines is 1. The van der Waals surface area contributed by atoms with Crippen LogP contribution in [0.2, 0.25) is 0 Å². The lowest BCUT2D eigenvalue weighted by Gasteiger charge is -2.32. The Morgan fingerprint density at radius 3 is 2.89 bits per heavy atom. The number of hydrogen-bond donors (Lipinski definition) is 1. The third-order valence-corrected chi connectivity index (χ3v) is 4.56. The molecular formula is C15H19BrN2. The van der Waals surface area contributed by atoms with E-state index in [9.17, 15) is 5.26 Å². The quantitative estimate of drug-likeness (QED) is 0.878. The smallest absolute Gasteiger partial charge is 0.103 e. The lowest BCUT2D eigenvalue weighted by atomic mass is 9.82. The molecule has 0 spiro atoms. The molecule has 0 radical (unpaired) electrons. The Morgan fingerprint density at radius 2 is 2.17 bits per heavy atom. The molecule has 2 unspecified atom stereocenters. The topological polar surface area (TPSA) is 35.8 Å². The molecule has 1 fully saturated rings. The lowest BCUT2D eigenvalue weighted by molar-refractivity contribution is 0.317. The number of benzene rings is 1. The summed E-state index contributed by atoms with van der Waals surface area (Å²) in [5, 5.41) is 12.8. The summed E-state index contributed by atoms with van der Waals surface area (Å²) in [4.78, 5) is 0. The number of nitrogens with zero attached hydrogens (tertiary/aromatic N) is 1. The van der Waals surface area contributed by atoms with Crippen molar-refractivity contribution in [3.05, 3.63) is 28.2 Å². The molecule has 1 N–H and O–H groups in total. The van der Waals surface area contributed by atoms with Crippen LogP contribution in [-0.2, 0) is 0 Å². The zero-order valence-electron chi connectivity index (χ0n) is 10.7. The van der Waals surface area contributed by atoms with E-state index >= 15 is 0 Å². The predicted molar refractivity (Wildman–Crippen MR) is 78.5 cm³/mol.